The second kappa shape index (κ2) is 11.3. The zero-order chi connectivity index (χ0) is 26.0. The first kappa shape index (κ1) is 26.6. The standard InChI is InChI=1S/C29H33F5O2/c1-2-3-4-16-5-7-17(8-6-16)18-9-11-19(12-10-18)21-15-22(30)26(29(35)36)28(34)25(21)20-13-23(31)27(33)24(32)14-20/h13-19H,2-12H2,1H3,(H,35,36)/t16-,17-,18?,19?. The molecule has 2 aliphatic rings. The van der Waals surface area contributed by atoms with E-state index in [4.69, 9.17) is 0 Å². The van der Waals surface area contributed by atoms with E-state index in [1.807, 2.05) is 0 Å². The summed E-state index contributed by atoms with van der Waals surface area (Å²) in [6.45, 7) is 2.21. The van der Waals surface area contributed by atoms with E-state index >= 15 is 4.39 Å². The lowest BCUT2D eigenvalue weighted by molar-refractivity contribution is 0.0686. The Morgan fingerprint density at radius 1 is 0.806 bits per heavy atom. The molecule has 0 aliphatic heterocycles. The van der Waals surface area contributed by atoms with E-state index in [2.05, 4.69) is 6.92 Å². The summed E-state index contributed by atoms with van der Waals surface area (Å²) in [5.74, 6) is -7.48. The lowest BCUT2D eigenvalue weighted by Crippen LogP contribution is -2.25. The summed E-state index contributed by atoms with van der Waals surface area (Å²) in [7, 11) is 0. The zero-order valence-electron chi connectivity index (χ0n) is 20.6. The van der Waals surface area contributed by atoms with Gasteiger partial charge < -0.3 is 5.11 Å². The fourth-order valence-corrected chi connectivity index (χ4v) is 6.49. The molecule has 4 rings (SSSR count). The lowest BCUT2D eigenvalue weighted by atomic mass is 9.67. The SMILES string of the molecule is CCCC[C@H]1CC[C@H](C2CCC(c3cc(F)c(C(=O)O)c(F)c3-c3cc(F)c(F)c(F)c3)CC2)CC1. The van der Waals surface area contributed by atoms with Crippen LogP contribution in [0.1, 0.15) is 99.4 Å². The van der Waals surface area contributed by atoms with Crippen molar-refractivity contribution >= 4 is 5.97 Å². The van der Waals surface area contributed by atoms with Crippen molar-refractivity contribution < 1.29 is 31.9 Å². The molecule has 0 radical (unpaired) electrons. The van der Waals surface area contributed by atoms with Crippen LogP contribution in [0.2, 0.25) is 0 Å². The van der Waals surface area contributed by atoms with Crippen LogP contribution < -0.4 is 0 Å². The smallest absolute Gasteiger partial charge is 0.341 e. The van der Waals surface area contributed by atoms with Crippen LogP contribution in [-0.4, -0.2) is 11.1 Å². The van der Waals surface area contributed by atoms with Gasteiger partial charge in [0.05, 0.1) is 0 Å². The van der Waals surface area contributed by atoms with Crippen LogP contribution in [0.25, 0.3) is 11.1 Å². The van der Waals surface area contributed by atoms with Crippen molar-refractivity contribution in [2.24, 2.45) is 17.8 Å². The van der Waals surface area contributed by atoms with E-state index in [-0.39, 0.29) is 22.6 Å². The minimum absolute atomic E-state index is 0.183. The lowest BCUT2D eigenvalue weighted by Gasteiger charge is -2.38. The van der Waals surface area contributed by atoms with Gasteiger partial charge in [0, 0.05) is 5.56 Å². The highest BCUT2D eigenvalue weighted by atomic mass is 19.2. The molecular weight excluding hydrogens is 475 g/mol. The van der Waals surface area contributed by atoms with Gasteiger partial charge in [0.15, 0.2) is 17.5 Å². The molecule has 0 aromatic heterocycles. The van der Waals surface area contributed by atoms with Crippen molar-refractivity contribution in [3.63, 3.8) is 0 Å². The van der Waals surface area contributed by atoms with Crippen LogP contribution in [0.3, 0.4) is 0 Å². The van der Waals surface area contributed by atoms with E-state index in [1.54, 1.807) is 0 Å². The Labute approximate surface area is 208 Å². The van der Waals surface area contributed by atoms with Gasteiger partial charge in [-0.15, -0.1) is 0 Å². The molecule has 2 fully saturated rings. The first-order chi connectivity index (χ1) is 17.2. The molecule has 2 saturated carbocycles. The minimum Gasteiger partial charge on any atom is -0.477 e. The van der Waals surface area contributed by atoms with Gasteiger partial charge in [-0.3, -0.25) is 0 Å². The van der Waals surface area contributed by atoms with Crippen molar-refractivity contribution in [2.45, 2.75) is 83.5 Å². The Morgan fingerprint density at radius 3 is 1.89 bits per heavy atom. The number of halogens is 5. The molecule has 196 valence electrons. The first-order valence-electron chi connectivity index (χ1n) is 13.1. The number of carbonyl (C=O) groups is 1. The van der Waals surface area contributed by atoms with Crippen LogP contribution in [0.4, 0.5) is 22.0 Å². The number of carboxylic acid groups (broad SMARTS) is 1. The summed E-state index contributed by atoms with van der Waals surface area (Å²) in [4.78, 5) is 11.5. The highest BCUT2D eigenvalue weighted by Gasteiger charge is 2.34. The average molecular weight is 509 g/mol. The Kier molecular flexibility index (Phi) is 8.36. The number of aromatic carboxylic acids is 1. The quantitative estimate of drug-likeness (QED) is 0.299. The molecule has 2 aromatic rings. The van der Waals surface area contributed by atoms with Crippen LogP contribution in [0.5, 0.6) is 0 Å². The van der Waals surface area contributed by atoms with Crippen molar-refractivity contribution in [1.82, 2.24) is 0 Å². The predicted molar refractivity (Wildman–Crippen MR) is 128 cm³/mol. The third-order valence-electron chi connectivity index (χ3n) is 8.47. The van der Waals surface area contributed by atoms with Gasteiger partial charge in [0.2, 0.25) is 0 Å². The molecule has 2 nitrogen and oxygen atoms in total. The summed E-state index contributed by atoms with van der Waals surface area (Å²) < 4.78 is 71.6. The summed E-state index contributed by atoms with van der Waals surface area (Å²) in [6, 6.07) is 2.24. The molecule has 0 unspecified atom stereocenters. The second-order valence-corrected chi connectivity index (χ2v) is 10.6. The predicted octanol–water partition coefficient (Wildman–Crippen LogP) is 9.02. The third-order valence-corrected chi connectivity index (χ3v) is 8.47. The van der Waals surface area contributed by atoms with Crippen molar-refractivity contribution in [1.29, 1.82) is 0 Å². The number of benzene rings is 2. The molecule has 2 aliphatic carbocycles. The van der Waals surface area contributed by atoms with Gasteiger partial charge >= 0.3 is 5.97 Å². The molecular formula is C29H33F5O2. The highest BCUT2D eigenvalue weighted by Crippen LogP contribution is 2.47. The number of hydrogen-bond acceptors (Lipinski definition) is 1. The topological polar surface area (TPSA) is 37.3 Å². The fourth-order valence-electron chi connectivity index (χ4n) is 6.49. The van der Waals surface area contributed by atoms with Crippen molar-refractivity contribution in [3.05, 3.63) is 58.4 Å². The van der Waals surface area contributed by atoms with E-state index < -0.39 is 40.6 Å². The number of hydrogen-bond donors (Lipinski definition) is 1. The van der Waals surface area contributed by atoms with Crippen molar-refractivity contribution in [3.8, 4) is 11.1 Å². The molecule has 36 heavy (non-hydrogen) atoms. The van der Waals surface area contributed by atoms with E-state index in [9.17, 15) is 27.5 Å². The molecule has 1 N–H and O–H groups in total. The zero-order valence-corrected chi connectivity index (χ0v) is 20.6. The molecule has 0 heterocycles. The van der Waals surface area contributed by atoms with E-state index in [0.717, 1.165) is 24.8 Å². The Morgan fingerprint density at radius 2 is 1.36 bits per heavy atom. The molecule has 2 aromatic carbocycles. The van der Waals surface area contributed by atoms with Gasteiger partial charge in [-0.2, -0.15) is 0 Å². The third kappa shape index (κ3) is 5.45. The summed E-state index contributed by atoms with van der Waals surface area (Å²) in [5, 5.41) is 9.33. The summed E-state index contributed by atoms with van der Waals surface area (Å²) >= 11 is 0. The molecule has 0 atom stereocenters. The second-order valence-electron chi connectivity index (χ2n) is 10.6. The van der Waals surface area contributed by atoms with E-state index in [1.165, 1.54) is 44.9 Å². The van der Waals surface area contributed by atoms with Gasteiger partial charge in [-0.1, -0.05) is 39.0 Å². The Bertz CT molecular complexity index is 1080. The largest absolute Gasteiger partial charge is 0.477 e. The Balaban J connectivity index is 1.57. The molecule has 0 saturated heterocycles. The Hall–Kier alpha value is -2.44. The molecule has 7 heteroatoms. The van der Waals surface area contributed by atoms with Gasteiger partial charge in [0.1, 0.15) is 17.2 Å². The molecule has 0 spiro atoms. The summed E-state index contributed by atoms with van der Waals surface area (Å²) in [5.41, 5.74) is -1.71. The van der Waals surface area contributed by atoms with Crippen molar-refractivity contribution in [2.75, 3.05) is 0 Å². The first-order valence-corrected chi connectivity index (χ1v) is 13.1. The number of carboxylic acids is 1. The maximum Gasteiger partial charge on any atom is 0.341 e. The van der Waals surface area contributed by atoms with Crippen LogP contribution in [-0.2, 0) is 0 Å². The van der Waals surface area contributed by atoms with Gasteiger partial charge in [0.25, 0.3) is 0 Å². The molecule has 0 bridgehead atoms. The van der Waals surface area contributed by atoms with E-state index in [0.29, 0.717) is 36.8 Å². The average Bonchev–Trinajstić information content (AvgIpc) is 2.85. The van der Waals surface area contributed by atoms with Gasteiger partial charge in [-0.05, 0) is 91.5 Å². The number of rotatable bonds is 7. The van der Waals surface area contributed by atoms with Gasteiger partial charge in [-0.25, -0.2) is 26.7 Å². The van der Waals surface area contributed by atoms with Crippen LogP contribution in [0.15, 0.2) is 18.2 Å². The highest BCUT2D eigenvalue weighted by molar-refractivity contribution is 5.91. The number of unbranched alkanes of at least 4 members (excludes halogenated alkanes) is 1. The molecule has 0 amide bonds. The fraction of sp³-hybridized carbons (Fsp3) is 0.552. The minimum atomic E-state index is -1.82. The van der Waals surface area contributed by atoms with Crippen LogP contribution >= 0.6 is 0 Å². The van der Waals surface area contributed by atoms with Crippen LogP contribution in [0, 0.1) is 46.8 Å². The monoisotopic (exact) mass is 508 g/mol. The maximum atomic E-state index is 15.4. The summed E-state index contributed by atoms with van der Waals surface area (Å²) in [6.07, 6.45) is 11.8. The normalized spacial score (nSPS) is 24.6. The maximum absolute atomic E-state index is 15.4.